The number of piperidine rings is 1. The maximum atomic E-state index is 13.1. The van der Waals surface area contributed by atoms with E-state index in [1.807, 2.05) is 0 Å². The van der Waals surface area contributed by atoms with Crippen LogP contribution in [0.4, 0.5) is 0 Å². The zero-order chi connectivity index (χ0) is 24.0. The molecule has 0 aliphatic carbocycles. The normalized spacial score (nSPS) is 14.0. The Morgan fingerprint density at radius 1 is 1.00 bits per heavy atom. The van der Waals surface area contributed by atoms with Gasteiger partial charge < -0.3 is 14.5 Å². The third-order valence-corrected chi connectivity index (χ3v) is 5.95. The lowest BCUT2D eigenvalue weighted by Crippen LogP contribution is -2.45. The Balaban J connectivity index is 1.65. The van der Waals surface area contributed by atoms with E-state index in [-0.39, 0.29) is 41.2 Å². The Bertz CT molecular complexity index is 1030. The summed E-state index contributed by atoms with van der Waals surface area (Å²) in [5.74, 6) is -1.33. The van der Waals surface area contributed by atoms with Gasteiger partial charge in [0.05, 0.1) is 24.6 Å². The molecule has 0 saturated carbocycles. The monoisotopic (exact) mass is 470 g/mol. The highest BCUT2D eigenvalue weighted by atomic mass is 35.5. The molecule has 7 nitrogen and oxygen atoms in total. The summed E-state index contributed by atoms with van der Waals surface area (Å²) in [6.07, 6.45) is 1.08. The predicted molar refractivity (Wildman–Crippen MR) is 124 cm³/mol. The summed E-state index contributed by atoms with van der Waals surface area (Å²) >= 11 is 5.90. The Morgan fingerprint density at radius 2 is 1.61 bits per heavy atom. The molecule has 174 valence electrons. The number of likely N-dealkylation sites (tertiary alicyclic amines) is 1. The number of nitrogens with zero attached hydrogens (tertiary/aromatic N) is 2. The number of amides is 2. The van der Waals surface area contributed by atoms with Gasteiger partial charge in [0.1, 0.15) is 0 Å². The van der Waals surface area contributed by atoms with Gasteiger partial charge in [-0.15, -0.1) is 0 Å². The molecule has 3 rings (SSSR count). The molecule has 0 unspecified atom stereocenters. The van der Waals surface area contributed by atoms with E-state index < -0.39 is 5.91 Å². The number of likely N-dealkylation sites (N-methyl/N-ethyl adjacent to an activating group) is 1. The van der Waals surface area contributed by atoms with E-state index >= 15 is 0 Å². The van der Waals surface area contributed by atoms with Crippen molar-refractivity contribution in [3.8, 4) is 0 Å². The number of rotatable bonds is 7. The Hall–Kier alpha value is -3.19. The molecular formula is C25H27ClN2O5. The number of benzene rings is 2. The summed E-state index contributed by atoms with van der Waals surface area (Å²) in [6.45, 7) is 2.87. The van der Waals surface area contributed by atoms with Crippen LogP contribution in [0.25, 0.3) is 0 Å². The van der Waals surface area contributed by atoms with Gasteiger partial charge in [0.15, 0.2) is 5.78 Å². The maximum absolute atomic E-state index is 13.1. The van der Waals surface area contributed by atoms with Crippen molar-refractivity contribution in [1.82, 2.24) is 9.80 Å². The lowest BCUT2D eigenvalue weighted by Gasteiger charge is -2.32. The Kier molecular flexibility index (Phi) is 8.22. The van der Waals surface area contributed by atoms with Crippen molar-refractivity contribution in [3.63, 3.8) is 0 Å². The van der Waals surface area contributed by atoms with Gasteiger partial charge in [-0.25, -0.2) is 0 Å². The molecule has 1 aliphatic rings. The number of halogens is 1. The minimum Gasteiger partial charge on any atom is -0.466 e. The molecule has 2 aromatic rings. The van der Waals surface area contributed by atoms with Crippen molar-refractivity contribution in [2.45, 2.75) is 19.8 Å². The van der Waals surface area contributed by atoms with Crippen molar-refractivity contribution < 1.29 is 23.9 Å². The van der Waals surface area contributed by atoms with Crippen LogP contribution in [0, 0.1) is 5.92 Å². The molecule has 1 saturated heterocycles. The molecular weight excluding hydrogens is 444 g/mol. The predicted octanol–water partition coefficient (Wildman–Crippen LogP) is 3.44. The van der Waals surface area contributed by atoms with Gasteiger partial charge in [-0.05, 0) is 50.1 Å². The highest BCUT2D eigenvalue weighted by molar-refractivity contribution is 6.30. The highest BCUT2D eigenvalue weighted by Crippen LogP contribution is 2.20. The number of carbonyl (C=O) groups is 4. The topological polar surface area (TPSA) is 84.0 Å². The first-order valence-corrected chi connectivity index (χ1v) is 11.3. The fourth-order valence-electron chi connectivity index (χ4n) is 3.83. The highest BCUT2D eigenvalue weighted by Gasteiger charge is 2.29. The molecule has 2 amide bonds. The summed E-state index contributed by atoms with van der Waals surface area (Å²) in [4.78, 5) is 53.7. The van der Waals surface area contributed by atoms with E-state index in [9.17, 15) is 19.2 Å². The Labute approximate surface area is 198 Å². The van der Waals surface area contributed by atoms with Gasteiger partial charge in [-0.1, -0.05) is 29.8 Å². The van der Waals surface area contributed by atoms with E-state index in [2.05, 4.69) is 0 Å². The maximum Gasteiger partial charge on any atom is 0.309 e. The molecule has 0 N–H and O–H groups in total. The van der Waals surface area contributed by atoms with Gasteiger partial charge in [0, 0.05) is 36.3 Å². The number of hydrogen-bond donors (Lipinski definition) is 0. The van der Waals surface area contributed by atoms with Crippen LogP contribution in [-0.4, -0.2) is 66.7 Å². The van der Waals surface area contributed by atoms with Crippen LogP contribution >= 0.6 is 11.6 Å². The molecule has 8 heteroatoms. The molecule has 1 aliphatic heterocycles. The van der Waals surface area contributed by atoms with Crippen molar-refractivity contribution in [3.05, 3.63) is 70.2 Å². The van der Waals surface area contributed by atoms with Gasteiger partial charge in [0.2, 0.25) is 5.91 Å². The number of esters is 1. The number of ether oxygens (including phenoxy) is 1. The lowest BCUT2D eigenvalue weighted by atomic mass is 9.97. The molecule has 0 atom stereocenters. The van der Waals surface area contributed by atoms with Crippen LogP contribution in [0.3, 0.4) is 0 Å². The second-order valence-electron chi connectivity index (χ2n) is 7.95. The van der Waals surface area contributed by atoms with Crippen molar-refractivity contribution in [2.75, 3.05) is 33.3 Å². The quantitative estimate of drug-likeness (QED) is 0.457. The zero-order valence-corrected chi connectivity index (χ0v) is 19.5. The summed E-state index contributed by atoms with van der Waals surface area (Å²) in [5, 5.41) is 0.514. The zero-order valence-electron chi connectivity index (χ0n) is 18.8. The van der Waals surface area contributed by atoms with E-state index in [1.165, 1.54) is 11.9 Å². The van der Waals surface area contributed by atoms with Crippen LogP contribution in [0.2, 0.25) is 5.02 Å². The third-order valence-electron chi connectivity index (χ3n) is 5.70. The van der Waals surface area contributed by atoms with Gasteiger partial charge in [0.25, 0.3) is 5.91 Å². The second kappa shape index (κ2) is 11.1. The number of ketones is 1. The fourth-order valence-corrected chi connectivity index (χ4v) is 3.96. The van der Waals surface area contributed by atoms with Crippen molar-refractivity contribution in [1.29, 1.82) is 0 Å². The van der Waals surface area contributed by atoms with Crippen LogP contribution in [0.1, 0.15) is 46.0 Å². The third kappa shape index (κ3) is 5.99. The summed E-state index contributed by atoms with van der Waals surface area (Å²) < 4.78 is 5.06. The SMILES string of the molecule is CCOC(=O)C1CCN(C(=O)CN(C)C(=O)c2ccccc2C(=O)c2ccc(Cl)cc2)CC1. The minimum absolute atomic E-state index is 0.119. The van der Waals surface area contributed by atoms with E-state index in [4.69, 9.17) is 16.3 Å². The first kappa shape index (κ1) is 24.5. The average molecular weight is 471 g/mol. The standard InChI is InChI=1S/C25H27ClN2O5/c1-3-33-25(32)18-12-14-28(15-13-18)22(29)16-27(2)24(31)21-7-5-4-6-20(21)23(30)17-8-10-19(26)11-9-17/h4-11,18H,3,12-16H2,1-2H3. The van der Waals surface area contributed by atoms with Crippen molar-refractivity contribution >= 4 is 35.2 Å². The first-order valence-electron chi connectivity index (χ1n) is 10.9. The summed E-state index contributed by atoms with van der Waals surface area (Å²) in [6, 6.07) is 13.0. The van der Waals surface area contributed by atoms with E-state index in [1.54, 1.807) is 60.4 Å². The summed E-state index contributed by atoms with van der Waals surface area (Å²) in [5.41, 5.74) is 0.913. The van der Waals surface area contributed by atoms with E-state index in [0.717, 1.165) is 0 Å². The molecule has 1 fully saturated rings. The molecule has 0 bridgehead atoms. The van der Waals surface area contributed by atoms with Crippen molar-refractivity contribution in [2.24, 2.45) is 5.92 Å². The smallest absolute Gasteiger partial charge is 0.309 e. The Morgan fingerprint density at radius 3 is 2.21 bits per heavy atom. The van der Waals surface area contributed by atoms with E-state index in [0.29, 0.717) is 43.1 Å². The summed E-state index contributed by atoms with van der Waals surface area (Å²) in [7, 11) is 1.54. The molecule has 2 aromatic carbocycles. The molecule has 0 spiro atoms. The molecule has 0 aromatic heterocycles. The largest absolute Gasteiger partial charge is 0.466 e. The van der Waals surface area contributed by atoms with Crippen LogP contribution in [-0.2, 0) is 14.3 Å². The first-order chi connectivity index (χ1) is 15.8. The number of hydrogen-bond acceptors (Lipinski definition) is 5. The van der Waals surface area contributed by atoms with Crippen LogP contribution in [0.15, 0.2) is 48.5 Å². The fraction of sp³-hybridized carbons (Fsp3) is 0.360. The van der Waals surface area contributed by atoms with Gasteiger partial charge in [-0.2, -0.15) is 0 Å². The second-order valence-corrected chi connectivity index (χ2v) is 8.39. The lowest BCUT2D eigenvalue weighted by molar-refractivity contribution is -0.151. The van der Waals surface area contributed by atoms with Gasteiger partial charge >= 0.3 is 5.97 Å². The number of carbonyl (C=O) groups excluding carboxylic acids is 4. The average Bonchev–Trinajstić information content (AvgIpc) is 2.83. The minimum atomic E-state index is -0.414. The van der Waals surface area contributed by atoms with Gasteiger partial charge in [-0.3, -0.25) is 19.2 Å². The van der Waals surface area contributed by atoms with Crippen LogP contribution < -0.4 is 0 Å². The molecule has 1 heterocycles. The van der Waals surface area contributed by atoms with Crippen LogP contribution in [0.5, 0.6) is 0 Å². The molecule has 0 radical (unpaired) electrons. The molecule has 33 heavy (non-hydrogen) atoms.